The van der Waals surface area contributed by atoms with E-state index in [1.165, 1.54) is 0 Å². The summed E-state index contributed by atoms with van der Waals surface area (Å²) in [5.41, 5.74) is 3.05. The highest BCUT2D eigenvalue weighted by atomic mass is 15.0. The lowest BCUT2D eigenvalue weighted by molar-refractivity contribution is 1.10. The second-order valence-corrected chi connectivity index (χ2v) is 3.66. The Balaban J connectivity index is 2.56. The van der Waals surface area contributed by atoms with E-state index in [1.807, 2.05) is 39.2 Å². The molecule has 0 aromatic carbocycles. The van der Waals surface area contributed by atoms with E-state index in [4.69, 9.17) is 0 Å². The summed E-state index contributed by atoms with van der Waals surface area (Å²) in [4.78, 5) is 12.9. The van der Waals surface area contributed by atoms with Crippen LogP contribution >= 0.6 is 0 Å². The number of nitrogens with zero attached hydrogens (tertiary/aromatic N) is 3. The molecule has 4 nitrogen and oxygen atoms in total. The molecule has 2 aromatic rings. The van der Waals surface area contributed by atoms with Crippen LogP contribution in [0, 0.1) is 13.8 Å². The van der Waals surface area contributed by atoms with Crippen molar-refractivity contribution in [2.75, 3.05) is 12.4 Å². The van der Waals surface area contributed by atoms with Crippen LogP contribution in [0.5, 0.6) is 0 Å². The topological polar surface area (TPSA) is 50.7 Å². The second kappa shape index (κ2) is 4.26. The third-order valence-electron chi connectivity index (χ3n) is 2.37. The molecular weight excluding hydrogens is 200 g/mol. The predicted molar refractivity (Wildman–Crippen MR) is 64.3 cm³/mol. The fourth-order valence-electron chi connectivity index (χ4n) is 1.54. The third-order valence-corrected chi connectivity index (χ3v) is 2.37. The van der Waals surface area contributed by atoms with E-state index < -0.39 is 0 Å². The molecule has 0 unspecified atom stereocenters. The summed E-state index contributed by atoms with van der Waals surface area (Å²) in [5, 5.41) is 3.03. The van der Waals surface area contributed by atoms with Crippen molar-refractivity contribution >= 4 is 5.82 Å². The van der Waals surface area contributed by atoms with Gasteiger partial charge in [-0.05, 0) is 25.5 Å². The minimum atomic E-state index is 0.740. The van der Waals surface area contributed by atoms with E-state index in [9.17, 15) is 0 Å². The van der Waals surface area contributed by atoms with Crippen molar-refractivity contribution in [2.45, 2.75) is 13.8 Å². The van der Waals surface area contributed by atoms with Gasteiger partial charge in [0.05, 0.1) is 0 Å². The summed E-state index contributed by atoms with van der Waals surface area (Å²) >= 11 is 0. The number of aryl methyl sites for hydroxylation is 2. The molecule has 0 spiro atoms. The van der Waals surface area contributed by atoms with Crippen LogP contribution in [0.15, 0.2) is 24.5 Å². The lowest BCUT2D eigenvalue weighted by atomic mass is 10.1. The Morgan fingerprint density at radius 2 is 2.00 bits per heavy atom. The molecule has 0 aliphatic carbocycles. The van der Waals surface area contributed by atoms with E-state index in [0.29, 0.717) is 0 Å². The normalized spacial score (nSPS) is 10.2. The van der Waals surface area contributed by atoms with Crippen molar-refractivity contribution in [1.82, 2.24) is 15.0 Å². The quantitative estimate of drug-likeness (QED) is 0.832. The van der Waals surface area contributed by atoms with Gasteiger partial charge in [-0.25, -0.2) is 9.97 Å². The van der Waals surface area contributed by atoms with E-state index in [2.05, 4.69) is 20.3 Å². The lowest BCUT2D eigenvalue weighted by Crippen LogP contribution is -1.99. The Bertz CT molecular complexity index is 508. The molecule has 0 aliphatic heterocycles. The zero-order valence-electron chi connectivity index (χ0n) is 9.65. The van der Waals surface area contributed by atoms with Gasteiger partial charge < -0.3 is 5.32 Å². The average molecular weight is 214 g/mol. The Morgan fingerprint density at radius 1 is 1.19 bits per heavy atom. The van der Waals surface area contributed by atoms with E-state index in [1.54, 1.807) is 6.20 Å². The molecule has 82 valence electrons. The van der Waals surface area contributed by atoms with E-state index >= 15 is 0 Å². The van der Waals surface area contributed by atoms with Crippen molar-refractivity contribution in [2.24, 2.45) is 0 Å². The highest BCUT2D eigenvalue weighted by molar-refractivity contribution is 5.60. The maximum Gasteiger partial charge on any atom is 0.162 e. The van der Waals surface area contributed by atoms with E-state index in [0.717, 1.165) is 28.5 Å². The molecule has 2 rings (SSSR count). The smallest absolute Gasteiger partial charge is 0.162 e. The van der Waals surface area contributed by atoms with Crippen LogP contribution in [0.3, 0.4) is 0 Å². The largest absolute Gasteiger partial charge is 0.373 e. The summed E-state index contributed by atoms with van der Waals surface area (Å²) in [6.45, 7) is 3.97. The van der Waals surface area contributed by atoms with Crippen LogP contribution < -0.4 is 5.32 Å². The molecule has 0 atom stereocenters. The number of nitrogens with one attached hydrogen (secondary N) is 1. The fraction of sp³-hybridized carbons (Fsp3) is 0.250. The first-order chi connectivity index (χ1) is 7.70. The van der Waals surface area contributed by atoms with Gasteiger partial charge in [-0.15, -0.1) is 0 Å². The maximum absolute atomic E-state index is 4.43. The highest BCUT2D eigenvalue weighted by Gasteiger charge is 2.06. The Hall–Kier alpha value is -1.97. The Kier molecular flexibility index (Phi) is 2.81. The van der Waals surface area contributed by atoms with Crippen molar-refractivity contribution in [3.8, 4) is 11.4 Å². The summed E-state index contributed by atoms with van der Waals surface area (Å²) < 4.78 is 0. The zero-order valence-corrected chi connectivity index (χ0v) is 9.65. The predicted octanol–water partition coefficient (Wildman–Crippen LogP) is 2.20. The molecule has 0 saturated carbocycles. The molecule has 1 N–H and O–H groups in total. The lowest BCUT2D eigenvalue weighted by Gasteiger charge is -2.07. The van der Waals surface area contributed by atoms with Crippen LogP contribution in [-0.2, 0) is 0 Å². The number of aromatic nitrogens is 3. The second-order valence-electron chi connectivity index (χ2n) is 3.66. The summed E-state index contributed by atoms with van der Waals surface area (Å²) in [7, 11) is 1.85. The van der Waals surface area contributed by atoms with Crippen LogP contribution in [0.1, 0.15) is 11.3 Å². The fourth-order valence-corrected chi connectivity index (χ4v) is 1.54. The number of anilines is 1. The van der Waals surface area contributed by atoms with Gasteiger partial charge in [-0.2, -0.15) is 0 Å². The maximum atomic E-state index is 4.43. The van der Waals surface area contributed by atoms with Crippen LogP contribution in [0.4, 0.5) is 5.82 Å². The molecule has 4 heteroatoms. The number of hydrogen-bond donors (Lipinski definition) is 1. The van der Waals surface area contributed by atoms with Gasteiger partial charge >= 0.3 is 0 Å². The first-order valence-corrected chi connectivity index (χ1v) is 5.15. The van der Waals surface area contributed by atoms with E-state index in [-0.39, 0.29) is 0 Å². The number of hydrogen-bond acceptors (Lipinski definition) is 4. The van der Waals surface area contributed by atoms with Gasteiger partial charge in [0.2, 0.25) is 0 Å². The first kappa shape index (κ1) is 10.5. The Labute approximate surface area is 94.8 Å². The molecule has 2 heterocycles. The van der Waals surface area contributed by atoms with Crippen molar-refractivity contribution in [3.05, 3.63) is 35.8 Å². The van der Waals surface area contributed by atoms with Gasteiger partial charge in [0.1, 0.15) is 5.82 Å². The Morgan fingerprint density at radius 3 is 2.69 bits per heavy atom. The zero-order chi connectivity index (χ0) is 11.5. The highest BCUT2D eigenvalue weighted by Crippen LogP contribution is 2.20. The third kappa shape index (κ3) is 2.00. The molecule has 0 saturated heterocycles. The van der Waals surface area contributed by atoms with Gasteiger partial charge in [-0.3, -0.25) is 4.98 Å². The average Bonchev–Trinajstić information content (AvgIpc) is 2.28. The van der Waals surface area contributed by atoms with Crippen LogP contribution in [-0.4, -0.2) is 22.0 Å². The molecule has 0 amide bonds. The molecule has 0 aliphatic rings. The first-order valence-electron chi connectivity index (χ1n) is 5.15. The standard InChI is InChI=1S/C12H14N4/c1-8-7-14-5-4-10(8)12-15-9(2)6-11(13-3)16-12/h4-7H,1-3H3,(H,13,15,16). The monoisotopic (exact) mass is 214 g/mol. The van der Waals surface area contributed by atoms with Gasteiger partial charge in [0, 0.05) is 36.8 Å². The van der Waals surface area contributed by atoms with Gasteiger partial charge in [-0.1, -0.05) is 0 Å². The molecule has 0 fully saturated rings. The number of pyridine rings is 1. The summed E-state index contributed by atoms with van der Waals surface area (Å²) in [6, 6.07) is 3.85. The minimum Gasteiger partial charge on any atom is -0.373 e. The molecular formula is C12H14N4. The van der Waals surface area contributed by atoms with Gasteiger partial charge in [0.25, 0.3) is 0 Å². The van der Waals surface area contributed by atoms with Gasteiger partial charge in [0.15, 0.2) is 5.82 Å². The summed E-state index contributed by atoms with van der Waals surface area (Å²) in [6.07, 6.45) is 3.58. The van der Waals surface area contributed by atoms with Crippen LogP contribution in [0.25, 0.3) is 11.4 Å². The van der Waals surface area contributed by atoms with Crippen LogP contribution in [0.2, 0.25) is 0 Å². The molecule has 2 aromatic heterocycles. The number of rotatable bonds is 2. The molecule has 0 radical (unpaired) electrons. The van der Waals surface area contributed by atoms with Crippen molar-refractivity contribution < 1.29 is 0 Å². The van der Waals surface area contributed by atoms with Crippen molar-refractivity contribution in [3.63, 3.8) is 0 Å². The molecule has 0 bridgehead atoms. The SMILES string of the molecule is CNc1cc(C)nc(-c2ccncc2C)n1. The minimum absolute atomic E-state index is 0.740. The molecule has 16 heavy (non-hydrogen) atoms. The van der Waals surface area contributed by atoms with Crippen molar-refractivity contribution in [1.29, 1.82) is 0 Å². The summed E-state index contributed by atoms with van der Waals surface area (Å²) in [5.74, 6) is 1.57.